The van der Waals surface area contributed by atoms with Crippen LogP contribution in [0.4, 0.5) is 0 Å². The summed E-state index contributed by atoms with van der Waals surface area (Å²) in [4.78, 5) is 24.8. The monoisotopic (exact) mass is 344 g/mol. The van der Waals surface area contributed by atoms with Gasteiger partial charge in [-0.2, -0.15) is 0 Å². The average molecular weight is 344 g/mol. The number of hydrogen-bond acceptors (Lipinski definition) is 6. The van der Waals surface area contributed by atoms with Crippen LogP contribution < -0.4 is 9.47 Å². The molecule has 0 amide bonds. The first-order valence-corrected chi connectivity index (χ1v) is 8.24. The molecule has 5 nitrogen and oxygen atoms in total. The lowest BCUT2D eigenvalue weighted by molar-refractivity contribution is -0.147. The second-order valence-electron chi connectivity index (χ2n) is 5.35. The van der Waals surface area contributed by atoms with Crippen LogP contribution in [0.15, 0.2) is 35.4 Å². The molecule has 0 bridgehead atoms. The maximum absolute atomic E-state index is 12.4. The van der Waals surface area contributed by atoms with E-state index in [2.05, 4.69) is 4.74 Å². The van der Waals surface area contributed by atoms with E-state index in [0.717, 1.165) is 10.4 Å². The molecule has 6 heteroatoms. The van der Waals surface area contributed by atoms with E-state index in [-0.39, 0.29) is 11.5 Å². The Morgan fingerprint density at radius 2 is 2.12 bits per heavy atom. The minimum atomic E-state index is -0.742. The molecule has 2 heterocycles. The van der Waals surface area contributed by atoms with E-state index in [1.807, 2.05) is 18.4 Å². The SMILES string of the molecule is COC(=O)C(C)Oc1ccc2c(c1)O/C(=C\c1sccc1C)C2=O. The zero-order chi connectivity index (χ0) is 17.3. The van der Waals surface area contributed by atoms with Crippen molar-refractivity contribution in [3.05, 3.63) is 51.4 Å². The Bertz CT molecular complexity index is 834. The van der Waals surface area contributed by atoms with Crippen molar-refractivity contribution in [3.63, 3.8) is 0 Å². The number of methoxy groups -OCH3 is 1. The topological polar surface area (TPSA) is 61.8 Å². The fourth-order valence-electron chi connectivity index (χ4n) is 2.31. The number of esters is 1. The summed E-state index contributed by atoms with van der Waals surface area (Å²) in [7, 11) is 1.30. The molecule has 0 N–H and O–H groups in total. The normalized spacial score (nSPS) is 15.8. The van der Waals surface area contributed by atoms with Gasteiger partial charge in [-0.05, 0) is 43.0 Å². The minimum Gasteiger partial charge on any atom is -0.479 e. The highest BCUT2D eigenvalue weighted by molar-refractivity contribution is 7.11. The first kappa shape index (κ1) is 16.3. The molecule has 1 aliphatic heterocycles. The second-order valence-corrected chi connectivity index (χ2v) is 6.30. The van der Waals surface area contributed by atoms with Crippen LogP contribution in [0, 0.1) is 6.92 Å². The number of Topliss-reactive ketones (excluding diaryl/α,β-unsaturated/α-hetero) is 1. The first-order valence-electron chi connectivity index (χ1n) is 7.36. The summed E-state index contributed by atoms with van der Waals surface area (Å²) in [5.74, 6) is 0.517. The van der Waals surface area contributed by atoms with Gasteiger partial charge in [0.1, 0.15) is 11.5 Å². The zero-order valence-corrected chi connectivity index (χ0v) is 14.3. The van der Waals surface area contributed by atoms with Gasteiger partial charge in [-0.25, -0.2) is 4.79 Å². The van der Waals surface area contributed by atoms with Crippen LogP contribution in [0.1, 0.15) is 27.7 Å². The molecule has 0 spiro atoms. The number of carbonyl (C=O) groups excluding carboxylic acids is 2. The first-order chi connectivity index (χ1) is 11.5. The quantitative estimate of drug-likeness (QED) is 0.626. The van der Waals surface area contributed by atoms with Gasteiger partial charge in [-0.1, -0.05) is 0 Å². The van der Waals surface area contributed by atoms with Crippen molar-refractivity contribution >= 4 is 29.2 Å². The van der Waals surface area contributed by atoms with E-state index in [4.69, 9.17) is 9.47 Å². The van der Waals surface area contributed by atoms with Crippen LogP contribution in [0.3, 0.4) is 0 Å². The molecule has 0 saturated heterocycles. The molecular formula is C18H16O5S. The summed E-state index contributed by atoms with van der Waals surface area (Å²) in [6.45, 7) is 3.57. The number of carbonyl (C=O) groups is 2. The fraction of sp³-hybridized carbons (Fsp3) is 0.222. The van der Waals surface area contributed by atoms with Gasteiger partial charge in [0.15, 0.2) is 11.9 Å². The third-order valence-corrected chi connectivity index (χ3v) is 4.62. The Kier molecular flexibility index (Phi) is 4.40. The number of thiophene rings is 1. The number of hydrogen-bond donors (Lipinski definition) is 0. The minimum absolute atomic E-state index is 0.162. The van der Waals surface area contributed by atoms with Crippen LogP contribution >= 0.6 is 11.3 Å². The predicted molar refractivity (Wildman–Crippen MR) is 90.5 cm³/mol. The maximum atomic E-state index is 12.4. The average Bonchev–Trinajstić information content (AvgIpc) is 3.11. The highest BCUT2D eigenvalue weighted by Gasteiger charge is 2.28. The van der Waals surface area contributed by atoms with Crippen molar-refractivity contribution < 1.29 is 23.8 Å². The van der Waals surface area contributed by atoms with Crippen LogP contribution in [0.2, 0.25) is 0 Å². The Morgan fingerprint density at radius 1 is 1.33 bits per heavy atom. The predicted octanol–water partition coefficient (Wildman–Crippen LogP) is 3.61. The van der Waals surface area contributed by atoms with Gasteiger partial charge in [0.2, 0.25) is 5.78 Å². The van der Waals surface area contributed by atoms with Gasteiger partial charge in [-0.15, -0.1) is 11.3 Å². The number of allylic oxidation sites excluding steroid dienone is 1. The van der Waals surface area contributed by atoms with Crippen molar-refractivity contribution in [3.8, 4) is 11.5 Å². The molecule has 3 rings (SSSR count). The molecule has 0 fully saturated rings. The van der Waals surface area contributed by atoms with Crippen molar-refractivity contribution in [2.45, 2.75) is 20.0 Å². The Balaban J connectivity index is 1.83. The largest absolute Gasteiger partial charge is 0.479 e. The van der Waals surface area contributed by atoms with E-state index >= 15 is 0 Å². The number of ketones is 1. The molecule has 1 aliphatic rings. The lowest BCUT2D eigenvalue weighted by atomic mass is 10.1. The molecule has 1 unspecified atom stereocenters. The molecule has 24 heavy (non-hydrogen) atoms. The lowest BCUT2D eigenvalue weighted by Gasteiger charge is -2.12. The van der Waals surface area contributed by atoms with Gasteiger partial charge in [0, 0.05) is 17.0 Å². The van der Waals surface area contributed by atoms with Crippen molar-refractivity contribution in [1.82, 2.24) is 0 Å². The summed E-state index contributed by atoms with van der Waals surface area (Å²) >= 11 is 1.55. The van der Waals surface area contributed by atoms with E-state index in [9.17, 15) is 9.59 Å². The molecule has 0 radical (unpaired) electrons. The Labute approximate surface area is 143 Å². The summed E-state index contributed by atoms with van der Waals surface area (Å²) in [6.07, 6.45) is 1.01. The molecule has 0 saturated carbocycles. The fourth-order valence-corrected chi connectivity index (χ4v) is 3.16. The standard InChI is InChI=1S/C18H16O5S/c1-10-6-7-24-16(10)9-15-17(19)13-5-4-12(8-14(13)23-15)22-11(2)18(20)21-3/h4-9,11H,1-3H3/b15-9-. The zero-order valence-electron chi connectivity index (χ0n) is 13.5. The highest BCUT2D eigenvalue weighted by Crippen LogP contribution is 2.35. The van der Waals surface area contributed by atoms with Crippen LogP contribution in [-0.2, 0) is 9.53 Å². The van der Waals surface area contributed by atoms with Crippen molar-refractivity contribution in [2.24, 2.45) is 0 Å². The highest BCUT2D eigenvalue weighted by atomic mass is 32.1. The lowest BCUT2D eigenvalue weighted by Crippen LogP contribution is -2.24. The molecule has 0 aliphatic carbocycles. The Morgan fingerprint density at radius 3 is 2.79 bits per heavy atom. The second kappa shape index (κ2) is 6.49. The van der Waals surface area contributed by atoms with Gasteiger partial charge in [0.05, 0.1) is 12.7 Å². The summed E-state index contributed by atoms with van der Waals surface area (Å²) < 4.78 is 15.8. The van der Waals surface area contributed by atoms with Crippen molar-refractivity contribution in [1.29, 1.82) is 0 Å². The number of aryl methyl sites for hydroxylation is 1. The summed E-state index contributed by atoms with van der Waals surface area (Å²) in [6, 6.07) is 6.87. The molecule has 1 aromatic carbocycles. The number of rotatable bonds is 4. The number of ether oxygens (including phenoxy) is 3. The molecule has 2 aromatic rings. The smallest absolute Gasteiger partial charge is 0.346 e. The van der Waals surface area contributed by atoms with Gasteiger partial charge >= 0.3 is 5.97 Å². The molecule has 1 aromatic heterocycles. The Hall–Kier alpha value is -2.60. The number of benzene rings is 1. The van der Waals surface area contributed by atoms with Gasteiger partial charge in [0.25, 0.3) is 0 Å². The molecule has 1 atom stereocenters. The maximum Gasteiger partial charge on any atom is 0.346 e. The van der Waals surface area contributed by atoms with Gasteiger partial charge in [-0.3, -0.25) is 4.79 Å². The molecular weight excluding hydrogens is 328 g/mol. The summed E-state index contributed by atoms with van der Waals surface area (Å²) in [5, 5.41) is 1.97. The van der Waals surface area contributed by atoms with E-state index in [1.165, 1.54) is 7.11 Å². The number of fused-ring (bicyclic) bond motifs is 1. The van der Waals surface area contributed by atoms with E-state index < -0.39 is 12.1 Å². The summed E-state index contributed by atoms with van der Waals surface area (Å²) in [5.41, 5.74) is 1.57. The van der Waals surface area contributed by atoms with Crippen LogP contribution in [0.25, 0.3) is 6.08 Å². The van der Waals surface area contributed by atoms with Gasteiger partial charge < -0.3 is 14.2 Å². The van der Waals surface area contributed by atoms with Crippen LogP contribution in [-0.4, -0.2) is 25.0 Å². The molecule has 124 valence electrons. The third-order valence-electron chi connectivity index (χ3n) is 3.65. The van der Waals surface area contributed by atoms with E-state index in [0.29, 0.717) is 17.1 Å². The van der Waals surface area contributed by atoms with Crippen LogP contribution in [0.5, 0.6) is 11.5 Å². The van der Waals surface area contributed by atoms with Crippen molar-refractivity contribution in [2.75, 3.05) is 7.11 Å². The third kappa shape index (κ3) is 3.05. The van der Waals surface area contributed by atoms with E-state index in [1.54, 1.807) is 42.5 Å².